The maximum Gasteiger partial charge on any atom is 0.238 e. The third-order valence-corrected chi connectivity index (χ3v) is 8.01. The van der Waals surface area contributed by atoms with Gasteiger partial charge in [0.05, 0.1) is 9.77 Å². The smallest absolute Gasteiger partial charge is 0.238 e. The summed E-state index contributed by atoms with van der Waals surface area (Å²) in [6.07, 6.45) is 0. The van der Waals surface area contributed by atoms with Crippen molar-refractivity contribution < 1.29 is 17.2 Å². The van der Waals surface area contributed by atoms with Gasteiger partial charge in [0, 0.05) is 5.25 Å². The van der Waals surface area contributed by atoms with Gasteiger partial charge in [0.2, 0.25) is 25.8 Å². The SMILES string of the molecule is C[C@H](Sc1oc(-c2cccs2)nc1S(=O)(=O)c1ccc(F)cc1)c1ccccc1. The number of rotatable bonds is 6. The van der Waals surface area contributed by atoms with Crippen LogP contribution >= 0.6 is 23.1 Å². The summed E-state index contributed by atoms with van der Waals surface area (Å²) < 4.78 is 45.6. The predicted octanol–water partition coefficient (Wildman–Crippen LogP) is 6.23. The molecule has 0 unspecified atom stereocenters. The summed E-state index contributed by atoms with van der Waals surface area (Å²) in [6.45, 7) is 1.97. The van der Waals surface area contributed by atoms with Crippen molar-refractivity contribution in [1.29, 1.82) is 0 Å². The Morgan fingerprint density at radius 3 is 2.41 bits per heavy atom. The van der Waals surface area contributed by atoms with Crippen LogP contribution in [-0.4, -0.2) is 13.4 Å². The largest absolute Gasteiger partial charge is 0.427 e. The van der Waals surface area contributed by atoms with Gasteiger partial charge >= 0.3 is 0 Å². The van der Waals surface area contributed by atoms with E-state index in [2.05, 4.69) is 4.98 Å². The van der Waals surface area contributed by atoms with Gasteiger partial charge in [0.15, 0.2) is 0 Å². The zero-order valence-corrected chi connectivity index (χ0v) is 17.7. The van der Waals surface area contributed by atoms with Crippen molar-refractivity contribution in [1.82, 2.24) is 4.98 Å². The molecule has 0 aliphatic carbocycles. The van der Waals surface area contributed by atoms with Gasteiger partial charge in [0.25, 0.3) is 0 Å². The Labute approximate surface area is 176 Å². The first-order valence-corrected chi connectivity index (χ1v) is 12.0. The Kier molecular flexibility index (Phi) is 5.58. The van der Waals surface area contributed by atoms with Crippen LogP contribution in [0.5, 0.6) is 0 Å². The lowest BCUT2D eigenvalue weighted by molar-refractivity contribution is 0.470. The molecule has 4 nitrogen and oxygen atoms in total. The number of nitrogens with zero attached hydrogens (tertiary/aromatic N) is 1. The van der Waals surface area contributed by atoms with Crippen molar-refractivity contribution in [3.8, 4) is 10.8 Å². The fourth-order valence-electron chi connectivity index (χ4n) is 2.72. The first-order valence-electron chi connectivity index (χ1n) is 8.72. The Balaban J connectivity index is 1.78. The molecule has 0 fully saturated rings. The number of sulfone groups is 1. The van der Waals surface area contributed by atoms with Gasteiger partial charge in [-0.1, -0.05) is 48.2 Å². The summed E-state index contributed by atoms with van der Waals surface area (Å²) in [5.41, 5.74) is 1.04. The highest BCUT2D eigenvalue weighted by molar-refractivity contribution is 8.00. The van der Waals surface area contributed by atoms with E-state index in [0.717, 1.165) is 22.6 Å². The second-order valence-corrected chi connectivity index (χ2v) is 10.3. The molecule has 1 atom stereocenters. The minimum atomic E-state index is -3.97. The number of hydrogen-bond acceptors (Lipinski definition) is 6. The molecule has 2 aromatic heterocycles. The number of oxazole rings is 1. The van der Waals surface area contributed by atoms with Crippen LogP contribution in [0, 0.1) is 5.82 Å². The molecule has 29 heavy (non-hydrogen) atoms. The van der Waals surface area contributed by atoms with Gasteiger partial charge in [-0.3, -0.25) is 0 Å². The zero-order valence-electron chi connectivity index (χ0n) is 15.3. The monoisotopic (exact) mass is 445 g/mol. The summed E-state index contributed by atoms with van der Waals surface area (Å²) in [5, 5.41) is 1.88. The van der Waals surface area contributed by atoms with Crippen LogP contribution < -0.4 is 0 Å². The minimum absolute atomic E-state index is 0.0286. The number of benzene rings is 2. The lowest BCUT2D eigenvalue weighted by Crippen LogP contribution is -2.04. The first kappa shape index (κ1) is 19.9. The molecule has 0 saturated heterocycles. The van der Waals surface area contributed by atoms with E-state index < -0.39 is 15.7 Å². The van der Waals surface area contributed by atoms with E-state index in [1.54, 1.807) is 0 Å². The molecule has 0 spiro atoms. The highest BCUT2D eigenvalue weighted by Crippen LogP contribution is 2.42. The van der Waals surface area contributed by atoms with Gasteiger partial charge in [0.1, 0.15) is 5.82 Å². The van der Waals surface area contributed by atoms with Gasteiger partial charge < -0.3 is 4.42 Å². The molecular formula is C21H16FNO3S3. The van der Waals surface area contributed by atoms with Crippen LogP contribution in [0.25, 0.3) is 10.8 Å². The molecule has 2 aromatic carbocycles. The predicted molar refractivity (Wildman–Crippen MR) is 112 cm³/mol. The third-order valence-electron chi connectivity index (χ3n) is 4.23. The Morgan fingerprint density at radius 2 is 1.76 bits per heavy atom. The van der Waals surface area contributed by atoms with E-state index in [-0.39, 0.29) is 26.2 Å². The van der Waals surface area contributed by atoms with Crippen molar-refractivity contribution >= 4 is 32.9 Å². The Morgan fingerprint density at radius 1 is 1.03 bits per heavy atom. The highest BCUT2D eigenvalue weighted by Gasteiger charge is 2.30. The molecule has 4 rings (SSSR count). The van der Waals surface area contributed by atoms with E-state index in [0.29, 0.717) is 0 Å². The fraction of sp³-hybridized carbons (Fsp3) is 0.0952. The Hall–Kier alpha value is -2.42. The molecule has 2 heterocycles. The first-order chi connectivity index (χ1) is 13.9. The van der Waals surface area contributed by atoms with E-state index in [1.807, 2.05) is 54.8 Å². The lowest BCUT2D eigenvalue weighted by Gasteiger charge is -2.10. The minimum Gasteiger partial charge on any atom is -0.427 e. The number of thiophene rings is 1. The van der Waals surface area contributed by atoms with Crippen LogP contribution in [0.15, 0.2) is 91.5 Å². The molecule has 0 saturated carbocycles. The summed E-state index contributed by atoms with van der Waals surface area (Å²) in [4.78, 5) is 5.02. The number of halogens is 1. The standard InChI is InChI=1S/C21H16FNO3S3/c1-14(15-6-3-2-4-7-15)28-21-20(23-19(26-21)18-8-5-13-27-18)29(24,25)17-11-9-16(22)10-12-17/h2-14H,1H3/t14-/m0/s1. The van der Waals surface area contributed by atoms with Gasteiger partial charge in [-0.15, -0.1) is 11.3 Å². The normalized spacial score (nSPS) is 12.8. The fourth-order valence-corrected chi connectivity index (χ4v) is 5.91. The van der Waals surface area contributed by atoms with E-state index >= 15 is 0 Å². The highest BCUT2D eigenvalue weighted by atomic mass is 32.2. The van der Waals surface area contributed by atoms with Crippen LogP contribution in [0.1, 0.15) is 17.7 Å². The van der Waals surface area contributed by atoms with Crippen LogP contribution in [0.2, 0.25) is 0 Å². The number of thioether (sulfide) groups is 1. The molecule has 0 radical (unpaired) electrons. The second kappa shape index (κ2) is 8.14. The van der Waals surface area contributed by atoms with Gasteiger partial charge in [-0.05, 0) is 48.2 Å². The van der Waals surface area contributed by atoms with Crippen molar-refractivity contribution in [3.05, 3.63) is 83.5 Å². The molecule has 0 N–H and O–H groups in total. The topological polar surface area (TPSA) is 60.2 Å². The number of hydrogen-bond donors (Lipinski definition) is 0. The average molecular weight is 446 g/mol. The van der Waals surface area contributed by atoms with Crippen LogP contribution in [0.4, 0.5) is 4.39 Å². The molecule has 0 aliphatic heterocycles. The van der Waals surface area contributed by atoms with Gasteiger partial charge in [-0.2, -0.15) is 4.98 Å². The molecule has 0 amide bonds. The lowest BCUT2D eigenvalue weighted by atomic mass is 10.2. The van der Waals surface area contributed by atoms with Crippen LogP contribution in [-0.2, 0) is 9.84 Å². The molecule has 0 bridgehead atoms. The summed E-state index contributed by atoms with van der Waals surface area (Å²) in [6, 6.07) is 18.1. The van der Waals surface area contributed by atoms with E-state index in [4.69, 9.17) is 4.42 Å². The van der Waals surface area contributed by atoms with E-state index in [1.165, 1.54) is 35.2 Å². The summed E-state index contributed by atoms with van der Waals surface area (Å²) >= 11 is 2.70. The Bertz CT molecular complexity index is 1200. The van der Waals surface area contributed by atoms with Gasteiger partial charge in [-0.25, -0.2) is 12.8 Å². The van der Waals surface area contributed by atoms with E-state index in [9.17, 15) is 12.8 Å². The average Bonchev–Trinajstić information content (AvgIpc) is 3.39. The molecular weight excluding hydrogens is 429 g/mol. The molecule has 8 heteroatoms. The maximum atomic E-state index is 13.3. The van der Waals surface area contributed by atoms with Crippen molar-refractivity contribution in [3.63, 3.8) is 0 Å². The van der Waals surface area contributed by atoms with Crippen LogP contribution in [0.3, 0.4) is 0 Å². The summed E-state index contributed by atoms with van der Waals surface area (Å²) in [5.74, 6) is -0.251. The van der Waals surface area contributed by atoms with Crippen molar-refractivity contribution in [2.24, 2.45) is 0 Å². The number of aromatic nitrogens is 1. The zero-order chi connectivity index (χ0) is 20.4. The van der Waals surface area contributed by atoms with Crippen molar-refractivity contribution in [2.75, 3.05) is 0 Å². The maximum absolute atomic E-state index is 13.3. The molecule has 0 aliphatic rings. The second-order valence-electron chi connectivity index (χ2n) is 6.22. The quantitative estimate of drug-likeness (QED) is 0.260. The summed E-state index contributed by atoms with van der Waals surface area (Å²) in [7, 11) is -3.97. The third kappa shape index (κ3) is 4.14. The molecule has 4 aromatic rings. The molecule has 148 valence electrons. The van der Waals surface area contributed by atoms with Crippen molar-refractivity contribution in [2.45, 2.75) is 27.2 Å².